The lowest BCUT2D eigenvalue weighted by Crippen LogP contribution is -2.00. The van der Waals surface area contributed by atoms with Crippen molar-refractivity contribution in [2.75, 3.05) is 11.1 Å². The molecule has 2 nitrogen and oxygen atoms in total. The van der Waals surface area contributed by atoms with Crippen LogP contribution in [0.3, 0.4) is 0 Å². The first-order chi connectivity index (χ1) is 8.16. The van der Waals surface area contributed by atoms with Crippen molar-refractivity contribution in [1.82, 2.24) is 0 Å². The summed E-state index contributed by atoms with van der Waals surface area (Å²) >= 11 is 12.2. The summed E-state index contributed by atoms with van der Waals surface area (Å²) in [5.41, 5.74) is 8.23. The SMILES string of the molecule is Nc1ccc(NCc2c(Cl)cccc2Cl)cc1. The molecule has 2 aromatic carbocycles. The van der Waals surface area contributed by atoms with Crippen molar-refractivity contribution in [2.45, 2.75) is 6.54 Å². The van der Waals surface area contributed by atoms with Crippen LogP contribution in [0.25, 0.3) is 0 Å². The van der Waals surface area contributed by atoms with E-state index in [1.54, 1.807) is 0 Å². The third-order valence-electron chi connectivity index (χ3n) is 2.44. The molecule has 4 heteroatoms. The number of nitrogen functional groups attached to an aromatic ring is 1. The third-order valence-corrected chi connectivity index (χ3v) is 3.15. The fraction of sp³-hybridized carbons (Fsp3) is 0.0769. The van der Waals surface area contributed by atoms with E-state index in [0.717, 1.165) is 16.9 Å². The van der Waals surface area contributed by atoms with E-state index in [1.165, 1.54) is 0 Å². The van der Waals surface area contributed by atoms with Crippen LogP contribution in [0.15, 0.2) is 42.5 Å². The molecule has 0 saturated heterocycles. The number of rotatable bonds is 3. The number of anilines is 2. The van der Waals surface area contributed by atoms with Crippen LogP contribution in [0.1, 0.15) is 5.56 Å². The fourth-order valence-electron chi connectivity index (χ4n) is 1.49. The Labute approximate surface area is 110 Å². The molecule has 88 valence electrons. The van der Waals surface area contributed by atoms with Crippen LogP contribution in [0.5, 0.6) is 0 Å². The Hall–Kier alpha value is -1.38. The van der Waals surface area contributed by atoms with Crippen molar-refractivity contribution in [3.63, 3.8) is 0 Å². The lowest BCUT2D eigenvalue weighted by Gasteiger charge is -2.09. The van der Waals surface area contributed by atoms with Crippen molar-refractivity contribution < 1.29 is 0 Å². The van der Waals surface area contributed by atoms with Crippen LogP contribution < -0.4 is 11.1 Å². The molecule has 0 unspecified atom stereocenters. The Morgan fingerprint density at radius 1 is 0.941 bits per heavy atom. The predicted molar refractivity (Wildman–Crippen MR) is 74.6 cm³/mol. The van der Waals surface area contributed by atoms with Gasteiger partial charge in [-0.15, -0.1) is 0 Å². The zero-order valence-corrected chi connectivity index (χ0v) is 10.6. The molecule has 17 heavy (non-hydrogen) atoms. The Morgan fingerprint density at radius 3 is 2.12 bits per heavy atom. The summed E-state index contributed by atoms with van der Waals surface area (Å²) in [4.78, 5) is 0. The van der Waals surface area contributed by atoms with Gasteiger partial charge in [-0.1, -0.05) is 29.3 Å². The molecule has 0 aromatic heterocycles. The van der Waals surface area contributed by atoms with Gasteiger partial charge in [-0.25, -0.2) is 0 Å². The van der Waals surface area contributed by atoms with Gasteiger partial charge in [0.15, 0.2) is 0 Å². The maximum absolute atomic E-state index is 6.08. The van der Waals surface area contributed by atoms with Crippen LogP contribution in [0, 0.1) is 0 Å². The highest BCUT2D eigenvalue weighted by Crippen LogP contribution is 2.25. The minimum Gasteiger partial charge on any atom is -0.399 e. The van der Waals surface area contributed by atoms with Gasteiger partial charge in [-0.05, 0) is 36.4 Å². The molecule has 3 N–H and O–H groups in total. The van der Waals surface area contributed by atoms with Crippen molar-refractivity contribution >= 4 is 34.6 Å². The highest BCUT2D eigenvalue weighted by atomic mass is 35.5. The maximum atomic E-state index is 6.08. The Kier molecular flexibility index (Phi) is 3.77. The molecule has 2 aromatic rings. The van der Waals surface area contributed by atoms with Crippen molar-refractivity contribution in [3.8, 4) is 0 Å². The molecule has 0 spiro atoms. The number of nitrogens with two attached hydrogens (primary N) is 1. The molecule has 2 rings (SSSR count). The standard InChI is InChI=1S/C13H12Cl2N2/c14-12-2-1-3-13(15)11(12)8-17-10-6-4-9(16)5-7-10/h1-7,17H,8,16H2. The van der Waals surface area contributed by atoms with E-state index in [9.17, 15) is 0 Å². The second-order valence-electron chi connectivity index (χ2n) is 3.68. The van der Waals surface area contributed by atoms with Crippen molar-refractivity contribution in [3.05, 3.63) is 58.1 Å². The highest BCUT2D eigenvalue weighted by Gasteiger charge is 2.04. The summed E-state index contributed by atoms with van der Waals surface area (Å²) in [6.45, 7) is 0.586. The zero-order chi connectivity index (χ0) is 12.3. The lowest BCUT2D eigenvalue weighted by atomic mass is 10.2. The summed E-state index contributed by atoms with van der Waals surface area (Å²) < 4.78 is 0. The van der Waals surface area contributed by atoms with E-state index in [1.807, 2.05) is 42.5 Å². The van der Waals surface area contributed by atoms with Gasteiger partial charge in [0, 0.05) is 33.5 Å². The normalized spacial score (nSPS) is 10.2. The first-order valence-electron chi connectivity index (χ1n) is 5.19. The van der Waals surface area contributed by atoms with Gasteiger partial charge < -0.3 is 11.1 Å². The fourth-order valence-corrected chi connectivity index (χ4v) is 2.02. The molecular formula is C13H12Cl2N2. The largest absolute Gasteiger partial charge is 0.399 e. The molecule has 0 heterocycles. The van der Waals surface area contributed by atoms with Crippen LogP contribution in [-0.4, -0.2) is 0 Å². The van der Waals surface area contributed by atoms with Crippen LogP contribution in [0.2, 0.25) is 10.0 Å². The Bertz CT molecular complexity index is 489. The molecule has 0 aliphatic carbocycles. The summed E-state index contributed by atoms with van der Waals surface area (Å²) in [7, 11) is 0. The number of benzene rings is 2. The first-order valence-corrected chi connectivity index (χ1v) is 5.95. The van der Waals surface area contributed by atoms with Crippen LogP contribution >= 0.6 is 23.2 Å². The third kappa shape index (κ3) is 3.05. The minimum absolute atomic E-state index is 0.586. The van der Waals surface area contributed by atoms with Crippen LogP contribution in [0.4, 0.5) is 11.4 Å². The Balaban J connectivity index is 2.10. The summed E-state index contributed by atoms with van der Waals surface area (Å²) in [5, 5.41) is 4.58. The molecule has 0 fully saturated rings. The number of halogens is 2. The maximum Gasteiger partial charge on any atom is 0.0470 e. The zero-order valence-electron chi connectivity index (χ0n) is 9.08. The van der Waals surface area contributed by atoms with Crippen molar-refractivity contribution in [2.24, 2.45) is 0 Å². The van der Waals surface area contributed by atoms with E-state index in [4.69, 9.17) is 28.9 Å². The first kappa shape index (κ1) is 12.1. The van der Waals surface area contributed by atoms with E-state index in [0.29, 0.717) is 16.6 Å². The summed E-state index contributed by atoms with van der Waals surface area (Å²) in [6.07, 6.45) is 0. The highest BCUT2D eigenvalue weighted by molar-refractivity contribution is 6.36. The molecule has 0 aliphatic rings. The second kappa shape index (κ2) is 5.30. The summed E-state index contributed by atoms with van der Waals surface area (Å²) in [6, 6.07) is 13.0. The number of hydrogen-bond donors (Lipinski definition) is 2. The monoisotopic (exact) mass is 266 g/mol. The quantitative estimate of drug-likeness (QED) is 0.818. The van der Waals surface area contributed by atoms with Crippen molar-refractivity contribution in [1.29, 1.82) is 0 Å². The smallest absolute Gasteiger partial charge is 0.0470 e. The van der Waals surface area contributed by atoms with E-state index < -0.39 is 0 Å². The van der Waals surface area contributed by atoms with Gasteiger partial charge in [0.25, 0.3) is 0 Å². The van der Waals surface area contributed by atoms with Gasteiger partial charge in [-0.3, -0.25) is 0 Å². The topological polar surface area (TPSA) is 38.0 Å². The van der Waals surface area contributed by atoms with Gasteiger partial charge in [0.05, 0.1) is 0 Å². The molecule has 0 bridgehead atoms. The van der Waals surface area contributed by atoms with Gasteiger partial charge in [0.1, 0.15) is 0 Å². The molecule has 0 radical (unpaired) electrons. The molecule has 0 amide bonds. The van der Waals surface area contributed by atoms with Gasteiger partial charge >= 0.3 is 0 Å². The Morgan fingerprint density at radius 2 is 1.53 bits per heavy atom. The van der Waals surface area contributed by atoms with E-state index >= 15 is 0 Å². The average Bonchev–Trinajstić information content (AvgIpc) is 2.31. The molecular weight excluding hydrogens is 255 g/mol. The lowest BCUT2D eigenvalue weighted by molar-refractivity contribution is 1.15. The number of hydrogen-bond acceptors (Lipinski definition) is 2. The van der Waals surface area contributed by atoms with Gasteiger partial charge in [0.2, 0.25) is 0 Å². The minimum atomic E-state index is 0.586. The predicted octanol–water partition coefficient (Wildman–Crippen LogP) is 4.19. The second-order valence-corrected chi connectivity index (χ2v) is 4.49. The van der Waals surface area contributed by atoms with Gasteiger partial charge in [-0.2, -0.15) is 0 Å². The molecule has 0 aliphatic heterocycles. The molecule has 0 atom stereocenters. The summed E-state index contributed by atoms with van der Waals surface area (Å²) in [5.74, 6) is 0. The number of nitrogens with one attached hydrogen (secondary N) is 1. The molecule has 0 saturated carbocycles. The van der Waals surface area contributed by atoms with E-state index in [-0.39, 0.29) is 0 Å². The van der Waals surface area contributed by atoms with Crippen LogP contribution in [-0.2, 0) is 6.54 Å². The van der Waals surface area contributed by atoms with E-state index in [2.05, 4.69) is 5.32 Å². The average molecular weight is 267 g/mol.